The van der Waals surface area contributed by atoms with Crippen LogP contribution in [0.3, 0.4) is 0 Å². The van der Waals surface area contributed by atoms with Crippen LogP contribution in [0.2, 0.25) is 0 Å². The van der Waals surface area contributed by atoms with Crippen LogP contribution in [-0.4, -0.2) is 123 Å². The molecule has 2 saturated heterocycles. The lowest BCUT2D eigenvalue weighted by Gasteiger charge is -2.36. The molecule has 0 aliphatic carbocycles. The van der Waals surface area contributed by atoms with Crippen molar-refractivity contribution in [1.29, 1.82) is 0 Å². The fourth-order valence-corrected chi connectivity index (χ4v) is 9.36. The van der Waals surface area contributed by atoms with Crippen molar-refractivity contribution in [3.05, 3.63) is 66.3 Å². The van der Waals surface area contributed by atoms with E-state index in [-0.39, 0.29) is 61.7 Å². The van der Waals surface area contributed by atoms with Gasteiger partial charge in [0.2, 0.25) is 17.7 Å². The number of likely N-dealkylation sites (N-methyl/N-ethyl adjacent to an activating group) is 1. The number of nitrogens with one attached hydrogen (secondary N) is 2. The number of nitrogens with zero attached hydrogens (tertiary/aromatic N) is 7. The molecule has 342 valence electrons. The van der Waals surface area contributed by atoms with Crippen LogP contribution in [0.1, 0.15) is 84.0 Å². The number of fused-ring (bicyclic) bond motifs is 6. The van der Waals surface area contributed by atoms with Gasteiger partial charge in [-0.2, -0.15) is 4.98 Å². The fourth-order valence-electron chi connectivity index (χ4n) is 9.36. The Balaban J connectivity index is 1.27. The number of rotatable bonds is 10. The second-order valence-electron chi connectivity index (χ2n) is 18.3. The van der Waals surface area contributed by atoms with Gasteiger partial charge >= 0.3 is 5.97 Å². The molecule has 6 heterocycles. The lowest BCUT2D eigenvalue weighted by atomic mass is 9.84. The maximum atomic E-state index is 14.5. The van der Waals surface area contributed by atoms with E-state index in [0.717, 1.165) is 33.4 Å². The third kappa shape index (κ3) is 9.32. The van der Waals surface area contributed by atoms with Crippen molar-refractivity contribution in [3.8, 4) is 22.7 Å². The van der Waals surface area contributed by atoms with Gasteiger partial charge in [-0.25, -0.2) is 5.43 Å². The number of carbonyl (C=O) groups excluding carboxylic acids is 5. The van der Waals surface area contributed by atoms with E-state index >= 15 is 0 Å². The first kappa shape index (κ1) is 46.1. The highest BCUT2D eigenvalue weighted by atomic mass is 16.5. The summed E-state index contributed by atoms with van der Waals surface area (Å²) in [6.45, 7) is 17.1. The van der Waals surface area contributed by atoms with Gasteiger partial charge in [-0.05, 0) is 87.4 Å². The van der Waals surface area contributed by atoms with Crippen molar-refractivity contribution >= 4 is 40.5 Å². The topological polar surface area (TPSA) is 194 Å². The summed E-state index contributed by atoms with van der Waals surface area (Å²) in [5, 5.41) is 9.53. The third-order valence-electron chi connectivity index (χ3n) is 12.7. The molecule has 0 unspecified atom stereocenters. The molecule has 17 heteroatoms. The number of likely N-dealkylation sites (tertiary alicyclic amines) is 1. The van der Waals surface area contributed by atoms with E-state index in [4.69, 9.17) is 24.0 Å². The second kappa shape index (κ2) is 19.0. The van der Waals surface area contributed by atoms with E-state index in [1.165, 1.54) is 16.0 Å². The number of ether oxygens (including phenoxy) is 2. The number of methoxy groups -OCH3 is 1. The average Bonchev–Trinajstić information content (AvgIpc) is 4.05. The van der Waals surface area contributed by atoms with Crippen LogP contribution in [0, 0.1) is 17.3 Å². The van der Waals surface area contributed by atoms with Crippen LogP contribution in [0.4, 0.5) is 0 Å². The SMILES string of the molecule is C=CC(=O)N1CC[C@H](C(=O)N(C)[C@H](C(=O)N[C@H]2Cc3noc(n3)-c3ccc4c(c3)c(c(-c3cccnc3[C@H](C)OC)n4CC)CC(C)(C)COC(=O)[C@@H]3CCCN(N3)C2=O)C(C)C)C1. The molecule has 0 saturated carbocycles. The molecular formula is C47H61N9O8. The number of carbonyl (C=O) groups is 5. The number of cyclic esters (lactones) is 1. The molecule has 3 aliphatic heterocycles. The van der Waals surface area contributed by atoms with Gasteiger partial charge in [0.05, 0.1) is 30.0 Å². The van der Waals surface area contributed by atoms with Crippen LogP contribution in [0.25, 0.3) is 33.6 Å². The zero-order valence-corrected chi connectivity index (χ0v) is 38.2. The summed E-state index contributed by atoms with van der Waals surface area (Å²) >= 11 is 0. The van der Waals surface area contributed by atoms with Crippen molar-refractivity contribution in [3.63, 3.8) is 0 Å². The molecule has 5 atom stereocenters. The standard InChI is InChI=1S/C47H61N9O8/c1-10-38(57)54-21-18-30(25-54)44(59)53(8)40(27(3)4)42(58)49-35-23-37-50-43(64-52-37)29-16-17-36-32(22-29)33(41(55(36)11-2)31-14-12-19-48-39(31)28(5)62-9)24-47(6,7)26-63-46(61)34-15-13-20-56(51-34)45(35)60/h10,12,14,16-17,19,22,27-28,30,34-35,40,51H,1,11,13,15,18,20-21,23-26H2,2-9H3,(H,49,58)/t28-,30-,34-,35-,40-/m0/s1. The van der Waals surface area contributed by atoms with E-state index in [1.54, 1.807) is 25.3 Å². The summed E-state index contributed by atoms with van der Waals surface area (Å²) in [7, 11) is 3.24. The molecule has 6 bridgehead atoms. The molecular weight excluding hydrogens is 819 g/mol. The van der Waals surface area contributed by atoms with Gasteiger partial charge in [0, 0.05) is 80.4 Å². The molecule has 2 N–H and O–H groups in total. The maximum absolute atomic E-state index is 14.5. The Morgan fingerprint density at radius 2 is 1.92 bits per heavy atom. The Bertz CT molecular complexity index is 2420. The summed E-state index contributed by atoms with van der Waals surface area (Å²) in [5.74, 6) is -2.51. The number of hydrogen-bond acceptors (Lipinski definition) is 12. The highest BCUT2D eigenvalue weighted by molar-refractivity contribution is 5.96. The third-order valence-corrected chi connectivity index (χ3v) is 12.7. The Morgan fingerprint density at radius 3 is 2.64 bits per heavy atom. The number of hydrazine groups is 1. The molecule has 1 aromatic carbocycles. The van der Waals surface area contributed by atoms with Crippen molar-refractivity contribution in [2.45, 2.75) is 104 Å². The Hall–Kier alpha value is -5.94. The zero-order chi connectivity index (χ0) is 46.0. The van der Waals surface area contributed by atoms with Gasteiger partial charge in [-0.15, -0.1) is 0 Å². The Kier molecular flexibility index (Phi) is 13.7. The lowest BCUT2D eigenvalue weighted by Crippen LogP contribution is -2.62. The number of aromatic nitrogens is 4. The predicted molar refractivity (Wildman–Crippen MR) is 238 cm³/mol. The first-order valence-corrected chi connectivity index (χ1v) is 22.2. The quantitative estimate of drug-likeness (QED) is 0.166. The van der Waals surface area contributed by atoms with E-state index < -0.39 is 47.2 Å². The second-order valence-corrected chi connectivity index (χ2v) is 18.3. The molecule has 2 fully saturated rings. The van der Waals surface area contributed by atoms with Crippen LogP contribution < -0.4 is 10.7 Å². The van der Waals surface area contributed by atoms with E-state index in [0.29, 0.717) is 44.3 Å². The maximum Gasteiger partial charge on any atom is 0.324 e. The number of amides is 4. The number of hydrogen-bond donors (Lipinski definition) is 2. The molecule has 0 radical (unpaired) electrons. The summed E-state index contributed by atoms with van der Waals surface area (Å²) in [6.07, 6.45) is 4.49. The van der Waals surface area contributed by atoms with Crippen LogP contribution >= 0.6 is 0 Å². The molecule has 3 aromatic heterocycles. The molecule has 17 nitrogen and oxygen atoms in total. The smallest absolute Gasteiger partial charge is 0.324 e. The van der Waals surface area contributed by atoms with Gasteiger partial charge in [0.15, 0.2) is 5.82 Å². The van der Waals surface area contributed by atoms with Gasteiger partial charge in [-0.3, -0.25) is 34.0 Å². The van der Waals surface area contributed by atoms with Crippen molar-refractivity contribution in [1.82, 2.24) is 45.2 Å². The van der Waals surface area contributed by atoms with Crippen molar-refractivity contribution in [2.75, 3.05) is 40.4 Å². The van der Waals surface area contributed by atoms with Gasteiger partial charge in [0.1, 0.15) is 18.1 Å². The summed E-state index contributed by atoms with van der Waals surface area (Å²) in [5.41, 5.74) is 7.94. The molecule has 4 amide bonds. The number of esters is 1. The predicted octanol–water partition coefficient (Wildman–Crippen LogP) is 4.65. The highest BCUT2D eigenvalue weighted by Gasteiger charge is 2.40. The van der Waals surface area contributed by atoms with Gasteiger partial charge in [0.25, 0.3) is 11.8 Å². The normalized spacial score (nSPS) is 21.3. The van der Waals surface area contributed by atoms with Crippen LogP contribution in [-0.2, 0) is 52.8 Å². The molecule has 3 aliphatic rings. The number of aryl methyl sites for hydroxylation is 1. The number of pyridine rings is 1. The van der Waals surface area contributed by atoms with Crippen LogP contribution in [0.5, 0.6) is 0 Å². The first-order valence-electron chi connectivity index (χ1n) is 22.2. The largest absolute Gasteiger partial charge is 0.464 e. The lowest BCUT2D eigenvalue weighted by molar-refractivity contribution is -0.155. The fraction of sp³-hybridized carbons (Fsp3) is 0.532. The minimum atomic E-state index is -1.21. The average molecular weight is 880 g/mol. The first-order chi connectivity index (χ1) is 30.5. The molecule has 0 spiro atoms. The Labute approximate surface area is 373 Å². The minimum absolute atomic E-state index is 0.0994. The monoisotopic (exact) mass is 879 g/mol. The molecule has 4 aromatic rings. The number of benzene rings is 1. The molecule has 64 heavy (non-hydrogen) atoms. The van der Waals surface area contributed by atoms with Gasteiger partial charge < -0.3 is 33.7 Å². The summed E-state index contributed by atoms with van der Waals surface area (Å²) in [6, 6.07) is 6.97. The Morgan fingerprint density at radius 1 is 1.14 bits per heavy atom. The van der Waals surface area contributed by atoms with E-state index in [9.17, 15) is 24.0 Å². The van der Waals surface area contributed by atoms with E-state index in [1.807, 2.05) is 45.0 Å². The van der Waals surface area contributed by atoms with Crippen molar-refractivity contribution in [2.24, 2.45) is 17.3 Å². The summed E-state index contributed by atoms with van der Waals surface area (Å²) < 4.78 is 20.0. The minimum Gasteiger partial charge on any atom is -0.464 e. The van der Waals surface area contributed by atoms with E-state index in [2.05, 4.69) is 53.9 Å². The zero-order valence-electron chi connectivity index (χ0n) is 38.2. The summed E-state index contributed by atoms with van der Waals surface area (Å²) in [4.78, 5) is 81.4. The van der Waals surface area contributed by atoms with Crippen LogP contribution in [0.15, 0.2) is 53.7 Å². The van der Waals surface area contributed by atoms with Crippen molar-refractivity contribution < 1.29 is 38.0 Å². The van der Waals surface area contributed by atoms with Gasteiger partial charge in [-0.1, -0.05) is 39.4 Å². The highest BCUT2D eigenvalue weighted by Crippen LogP contribution is 2.42. The molecule has 7 rings (SSSR count).